The second kappa shape index (κ2) is 7.49. The first-order valence-electron chi connectivity index (χ1n) is 8.15. The smallest absolute Gasteiger partial charge is 0.337 e. The fourth-order valence-electron chi connectivity index (χ4n) is 3.31. The molecule has 0 saturated carbocycles. The van der Waals surface area contributed by atoms with Crippen LogP contribution in [-0.4, -0.2) is 48.1 Å². The molecule has 3 rings (SSSR count). The van der Waals surface area contributed by atoms with Crippen LogP contribution in [0.15, 0.2) is 30.6 Å². The van der Waals surface area contributed by atoms with Gasteiger partial charge in [0.15, 0.2) is 0 Å². The summed E-state index contributed by atoms with van der Waals surface area (Å²) in [7, 11) is 3.06. The first kappa shape index (κ1) is 16.5. The summed E-state index contributed by atoms with van der Waals surface area (Å²) < 4.78 is 10.3. The molecule has 0 radical (unpaired) electrons. The third-order valence-electron chi connectivity index (χ3n) is 4.51. The first-order chi connectivity index (χ1) is 11.7. The number of methoxy groups -OCH3 is 2. The van der Waals surface area contributed by atoms with Crippen LogP contribution in [0, 0.1) is 5.92 Å². The van der Waals surface area contributed by atoms with Crippen LogP contribution in [0.3, 0.4) is 0 Å². The van der Waals surface area contributed by atoms with E-state index < -0.39 is 0 Å². The van der Waals surface area contributed by atoms with E-state index in [2.05, 4.69) is 14.9 Å². The zero-order chi connectivity index (χ0) is 16.9. The molecule has 2 aromatic rings. The molecule has 1 atom stereocenters. The number of aromatic amines is 1. The number of esters is 1. The van der Waals surface area contributed by atoms with Crippen molar-refractivity contribution in [2.75, 3.05) is 27.3 Å². The van der Waals surface area contributed by atoms with Crippen LogP contribution in [0.25, 0.3) is 0 Å². The van der Waals surface area contributed by atoms with Crippen molar-refractivity contribution < 1.29 is 14.3 Å². The van der Waals surface area contributed by atoms with Gasteiger partial charge in [0.25, 0.3) is 0 Å². The highest BCUT2D eigenvalue weighted by Gasteiger charge is 2.24. The van der Waals surface area contributed by atoms with E-state index in [1.807, 2.05) is 18.3 Å². The van der Waals surface area contributed by atoms with E-state index in [9.17, 15) is 4.79 Å². The van der Waals surface area contributed by atoms with Crippen molar-refractivity contribution in [3.8, 4) is 5.75 Å². The highest BCUT2D eigenvalue weighted by Crippen LogP contribution is 2.28. The Kier molecular flexibility index (Phi) is 5.15. The van der Waals surface area contributed by atoms with E-state index in [0.29, 0.717) is 11.5 Å². The predicted molar refractivity (Wildman–Crippen MR) is 90.0 cm³/mol. The molecule has 1 saturated heterocycles. The fraction of sp³-hybridized carbons (Fsp3) is 0.444. The molecule has 0 aliphatic carbocycles. The number of hydrogen-bond donors (Lipinski definition) is 1. The number of nitrogens with zero attached hydrogens (tertiary/aromatic N) is 2. The molecule has 1 aromatic carbocycles. The number of benzene rings is 1. The number of carbonyl (C=O) groups excluding carboxylic acids is 1. The zero-order valence-electron chi connectivity index (χ0n) is 14.1. The van der Waals surface area contributed by atoms with Gasteiger partial charge in [-0.05, 0) is 49.1 Å². The monoisotopic (exact) mass is 329 g/mol. The van der Waals surface area contributed by atoms with Crippen molar-refractivity contribution in [2.45, 2.75) is 19.4 Å². The van der Waals surface area contributed by atoms with Crippen LogP contribution >= 0.6 is 0 Å². The number of likely N-dealkylation sites (tertiary alicyclic amines) is 1. The minimum atomic E-state index is -0.315. The van der Waals surface area contributed by atoms with Crippen LogP contribution < -0.4 is 4.74 Å². The van der Waals surface area contributed by atoms with Gasteiger partial charge in [0.2, 0.25) is 0 Å². The molecule has 0 amide bonds. The molecule has 1 N–H and O–H groups in total. The van der Waals surface area contributed by atoms with Gasteiger partial charge in [0, 0.05) is 18.9 Å². The largest absolute Gasteiger partial charge is 0.496 e. The molecule has 1 aliphatic heterocycles. The van der Waals surface area contributed by atoms with Crippen LogP contribution in [0.2, 0.25) is 0 Å². The average molecular weight is 329 g/mol. The molecule has 24 heavy (non-hydrogen) atoms. The third-order valence-corrected chi connectivity index (χ3v) is 4.51. The van der Waals surface area contributed by atoms with Gasteiger partial charge in [0.05, 0.1) is 26.3 Å². The van der Waals surface area contributed by atoms with Gasteiger partial charge >= 0.3 is 5.97 Å². The number of ether oxygens (including phenoxy) is 2. The van der Waals surface area contributed by atoms with Crippen molar-refractivity contribution in [3.63, 3.8) is 0 Å². The van der Waals surface area contributed by atoms with Crippen LogP contribution in [-0.2, 0) is 17.7 Å². The lowest BCUT2D eigenvalue weighted by Gasteiger charge is -2.16. The number of rotatable bonds is 6. The lowest BCUT2D eigenvalue weighted by Crippen LogP contribution is -2.21. The molecular weight excluding hydrogens is 306 g/mol. The Bertz CT molecular complexity index is 685. The second-order valence-corrected chi connectivity index (χ2v) is 6.15. The van der Waals surface area contributed by atoms with Crippen LogP contribution in [0.4, 0.5) is 0 Å². The van der Waals surface area contributed by atoms with Crippen molar-refractivity contribution in [1.29, 1.82) is 0 Å². The van der Waals surface area contributed by atoms with E-state index in [1.54, 1.807) is 19.4 Å². The summed E-state index contributed by atoms with van der Waals surface area (Å²) in [4.78, 5) is 21.6. The highest BCUT2D eigenvalue weighted by molar-refractivity contribution is 5.89. The Morgan fingerprint density at radius 1 is 1.42 bits per heavy atom. The van der Waals surface area contributed by atoms with Crippen molar-refractivity contribution in [2.24, 2.45) is 5.92 Å². The maximum absolute atomic E-state index is 11.8. The van der Waals surface area contributed by atoms with E-state index in [0.717, 1.165) is 49.6 Å². The van der Waals surface area contributed by atoms with Gasteiger partial charge in [0.1, 0.15) is 11.6 Å². The van der Waals surface area contributed by atoms with E-state index in [-0.39, 0.29) is 5.97 Å². The Morgan fingerprint density at radius 2 is 2.29 bits per heavy atom. The molecule has 6 heteroatoms. The topological polar surface area (TPSA) is 67.5 Å². The summed E-state index contributed by atoms with van der Waals surface area (Å²) in [5, 5.41) is 0. The predicted octanol–water partition coefficient (Wildman–Crippen LogP) is 2.27. The van der Waals surface area contributed by atoms with E-state index in [1.165, 1.54) is 7.11 Å². The highest BCUT2D eigenvalue weighted by atomic mass is 16.5. The van der Waals surface area contributed by atoms with Crippen LogP contribution in [0.1, 0.15) is 28.2 Å². The summed E-state index contributed by atoms with van der Waals surface area (Å²) in [6.45, 7) is 2.93. The van der Waals surface area contributed by atoms with Gasteiger partial charge in [-0.2, -0.15) is 0 Å². The molecule has 128 valence electrons. The average Bonchev–Trinajstić information content (AvgIpc) is 3.26. The summed E-state index contributed by atoms with van der Waals surface area (Å²) in [5.41, 5.74) is 1.63. The van der Waals surface area contributed by atoms with Crippen molar-refractivity contribution >= 4 is 5.97 Å². The third kappa shape index (κ3) is 3.76. The van der Waals surface area contributed by atoms with E-state index >= 15 is 0 Å². The lowest BCUT2D eigenvalue weighted by molar-refractivity contribution is 0.0600. The quantitative estimate of drug-likeness (QED) is 0.824. The number of carbonyl (C=O) groups is 1. The minimum Gasteiger partial charge on any atom is -0.496 e. The first-order valence-corrected chi connectivity index (χ1v) is 8.15. The van der Waals surface area contributed by atoms with E-state index in [4.69, 9.17) is 9.47 Å². The van der Waals surface area contributed by atoms with Crippen LogP contribution in [0.5, 0.6) is 5.75 Å². The number of aromatic nitrogens is 2. The molecule has 0 bridgehead atoms. The van der Waals surface area contributed by atoms with Crippen molar-refractivity contribution in [3.05, 3.63) is 47.5 Å². The Hall–Kier alpha value is -2.34. The standard InChI is InChI=1S/C18H23N3O3/c1-23-16-4-3-14(18(22)24-2)10-15(16)9-13-5-8-21(11-13)12-17-19-6-7-20-17/h3-4,6-7,10,13H,5,8-9,11-12H2,1-2H3,(H,19,20). The molecule has 1 fully saturated rings. The molecule has 0 spiro atoms. The van der Waals surface area contributed by atoms with Crippen molar-refractivity contribution in [1.82, 2.24) is 14.9 Å². The number of nitrogens with one attached hydrogen (secondary N) is 1. The second-order valence-electron chi connectivity index (χ2n) is 6.15. The normalized spacial score (nSPS) is 17.8. The Morgan fingerprint density at radius 3 is 3.00 bits per heavy atom. The summed E-state index contributed by atoms with van der Waals surface area (Å²) >= 11 is 0. The Labute approximate surface area is 141 Å². The number of imidazole rings is 1. The molecule has 2 heterocycles. The molecule has 6 nitrogen and oxygen atoms in total. The Balaban J connectivity index is 1.66. The summed E-state index contributed by atoms with van der Waals surface area (Å²) in [6, 6.07) is 5.48. The molecule has 1 aromatic heterocycles. The molecular formula is C18H23N3O3. The molecule has 1 unspecified atom stereocenters. The lowest BCUT2D eigenvalue weighted by atomic mass is 9.96. The molecule has 1 aliphatic rings. The van der Waals surface area contributed by atoms with Gasteiger partial charge in [-0.3, -0.25) is 4.90 Å². The van der Waals surface area contributed by atoms with Gasteiger partial charge in [-0.1, -0.05) is 0 Å². The minimum absolute atomic E-state index is 0.315. The fourth-order valence-corrected chi connectivity index (χ4v) is 3.31. The van der Waals surface area contributed by atoms with Gasteiger partial charge in [-0.25, -0.2) is 9.78 Å². The SMILES string of the molecule is COC(=O)c1ccc(OC)c(CC2CCN(Cc3ncc[nH]3)C2)c1. The maximum atomic E-state index is 11.8. The zero-order valence-corrected chi connectivity index (χ0v) is 14.1. The number of hydrogen-bond acceptors (Lipinski definition) is 5. The number of H-pyrrole nitrogens is 1. The van der Waals surface area contributed by atoms with Gasteiger partial charge < -0.3 is 14.5 Å². The maximum Gasteiger partial charge on any atom is 0.337 e. The summed E-state index contributed by atoms with van der Waals surface area (Å²) in [6.07, 6.45) is 5.66. The van der Waals surface area contributed by atoms with Gasteiger partial charge in [-0.15, -0.1) is 0 Å². The summed E-state index contributed by atoms with van der Waals surface area (Å²) in [5.74, 6) is 2.06.